The van der Waals surface area contributed by atoms with Gasteiger partial charge in [-0.1, -0.05) is 17.9 Å². The van der Waals surface area contributed by atoms with Crippen LogP contribution in [0.5, 0.6) is 0 Å². The Kier molecular flexibility index (Phi) is 4.55. The van der Waals surface area contributed by atoms with Crippen LogP contribution in [0.2, 0.25) is 0 Å². The quantitative estimate of drug-likeness (QED) is 0.400. The predicted octanol–water partition coefficient (Wildman–Crippen LogP) is 2.14. The van der Waals surface area contributed by atoms with E-state index in [9.17, 15) is 0 Å². The molecule has 2 fully saturated rings. The van der Waals surface area contributed by atoms with Gasteiger partial charge < -0.3 is 10.6 Å². The second-order valence-electron chi connectivity index (χ2n) is 5.99. The maximum absolute atomic E-state index is 5.53. The lowest BCUT2D eigenvalue weighted by atomic mass is 10.0. The molecule has 1 aliphatic carbocycles. The molecule has 2 aliphatic rings. The van der Waals surface area contributed by atoms with Crippen molar-refractivity contribution in [2.75, 3.05) is 19.8 Å². The summed E-state index contributed by atoms with van der Waals surface area (Å²) in [7, 11) is 0. The zero-order chi connectivity index (χ0) is 15.4. The van der Waals surface area contributed by atoms with Crippen LogP contribution in [0, 0.1) is 30.6 Å². The minimum absolute atomic E-state index is 0.538. The van der Waals surface area contributed by atoms with E-state index in [1.54, 1.807) is 6.21 Å². The molecular weight excluding hydrogens is 274 g/mol. The van der Waals surface area contributed by atoms with Crippen LogP contribution < -0.4 is 5.84 Å². The average molecular weight is 295 g/mol. The maximum atomic E-state index is 5.53. The second kappa shape index (κ2) is 6.76. The third kappa shape index (κ3) is 3.75. The van der Waals surface area contributed by atoms with Gasteiger partial charge in [-0.05, 0) is 37.5 Å². The van der Waals surface area contributed by atoms with Crippen molar-refractivity contribution in [1.82, 2.24) is 0 Å². The fourth-order valence-electron chi connectivity index (χ4n) is 2.29. The molecule has 4 heteroatoms. The summed E-state index contributed by atoms with van der Waals surface area (Å²) in [6, 6.07) is 6.14. The SMILES string of the molecule is Cc1cc(C#CC2CC2)ccc1/C(C=NCC1COC1)=N/N. The van der Waals surface area contributed by atoms with Crippen molar-refractivity contribution in [3.05, 3.63) is 34.9 Å². The van der Waals surface area contributed by atoms with E-state index in [2.05, 4.69) is 34.9 Å². The lowest BCUT2D eigenvalue weighted by molar-refractivity contribution is -0.0264. The number of hydrogen-bond acceptors (Lipinski definition) is 4. The van der Waals surface area contributed by atoms with Crippen LogP contribution >= 0.6 is 0 Å². The Hall–Kier alpha value is -2.12. The molecule has 0 unspecified atom stereocenters. The van der Waals surface area contributed by atoms with Gasteiger partial charge in [0.05, 0.1) is 13.2 Å². The summed E-state index contributed by atoms with van der Waals surface area (Å²) in [5, 5.41) is 3.87. The zero-order valence-corrected chi connectivity index (χ0v) is 12.9. The number of benzene rings is 1. The fourth-order valence-corrected chi connectivity index (χ4v) is 2.29. The van der Waals surface area contributed by atoms with Gasteiger partial charge in [0, 0.05) is 35.7 Å². The van der Waals surface area contributed by atoms with Gasteiger partial charge >= 0.3 is 0 Å². The first-order chi connectivity index (χ1) is 10.8. The molecular formula is C18H21N3O. The third-order valence-electron chi connectivity index (χ3n) is 3.92. The van der Waals surface area contributed by atoms with Crippen LogP contribution in [0.4, 0.5) is 0 Å². The van der Waals surface area contributed by atoms with E-state index in [0.717, 1.165) is 36.4 Å². The third-order valence-corrected chi connectivity index (χ3v) is 3.92. The Morgan fingerprint density at radius 1 is 1.41 bits per heavy atom. The number of nitrogens with zero attached hydrogens (tertiary/aromatic N) is 2. The topological polar surface area (TPSA) is 60.0 Å². The minimum atomic E-state index is 0.538. The van der Waals surface area contributed by atoms with Gasteiger partial charge in [0.15, 0.2) is 0 Å². The molecule has 0 bridgehead atoms. The molecule has 0 radical (unpaired) electrons. The van der Waals surface area contributed by atoms with Crippen molar-refractivity contribution in [3.63, 3.8) is 0 Å². The summed E-state index contributed by atoms with van der Waals surface area (Å²) in [5.41, 5.74) is 3.88. The Balaban J connectivity index is 1.69. The molecule has 1 heterocycles. The van der Waals surface area contributed by atoms with Gasteiger partial charge in [-0.3, -0.25) is 4.99 Å². The van der Waals surface area contributed by atoms with Crippen LogP contribution in [0.3, 0.4) is 0 Å². The van der Waals surface area contributed by atoms with Gasteiger partial charge in [-0.15, -0.1) is 0 Å². The van der Waals surface area contributed by atoms with Crippen LogP contribution in [0.25, 0.3) is 0 Å². The minimum Gasteiger partial charge on any atom is -0.381 e. The predicted molar refractivity (Wildman–Crippen MR) is 89.2 cm³/mol. The molecule has 0 aromatic heterocycles. The summed E-state index contributed by atoms with van der Waals surface area (Å²) in [6.07, 6.45) is 4.25. The smallest absolute Gasteiger partial charge is 0.108 e. The highest BCUT2D eigenvalue weighted by Crippen LogP contribution is 2.27. The molecule has 1 aromatic carbocycles. The molecule has 0 amide bonds. The van der Waals surface area contributed by atoms with Gasteiger partial charge in [-0.2, -0.15) is 5.10 Å². The largest absolute Gasteiger partial charge is 0.381 e. The van der Waals surface area contributed by atoms with Crippen LogP contribution in [-0.4, -0.2) is 31.7 Å². The number of aliphatic imine (C=N–C) groups is 1. The van der Waals surface area contributed by atoms with Gasteiger partial charge in [0.25, 0.3) is 0 Å². The molecule has 22 heavy (non-hydrogen) atoms. The zero-order valence-electron chi connectivity index (χ0n) is 12.9. The number of hydrazone groups is 1. The summed E-state index contributed by atoms with van der Waals surface area (Å²) in [4.78, 5) is 4.43. The molecule has 1 aromatic rings. The molecule has 1 aliphatic heterocycles. The summed E-state index contributed by atoms with van der Waals surface area (Å²) in [6.45, 7) is 4.43. The Morgan fingerprint density at radius 2 is 2.23 bits per heavy atom. The van der Waals surface area contributed by atoms with Gasteiger partial charge in [0.1, 0.15) is 5.71 Å². The highest BCUT2D eigenvalue weighted by molar-refractivity contribution is 6.38. The monoisotopic (exact) mass is 295 g/mol. The first-order valence-electron chi connectivity index (χ1n) is 7.74. The van der Waals surface area contributed by atoms with Crippen molar-refractivity contribution in [1.29, 1.82) is 0 Å². The average Bonchev–Trinajstić information content (AvgIpc) is 3.28. The summed E-state index contributed by atoms with van der Waals surface area (Å²) in [5.74, 6) is 13.2. The fraction of sp³-hybridized carbons (Fsp3) is 0.444. The molecule has 3 rings (SSSR count). The van der Waals surface area contributed by atoms with Crippen molar-refractivity contribution in [3.8, 4) is 11.8 Å². The van der Waals surface area contributed by atoms with Crippen molar-refractivity contribution in [2.24, 2.45) is 27.8 Å². The Bertz CT molecular complexity index is 659. The van der Waals surface area contributed by atoms with E-state index < -0.39 is 0 Å². The molecule has 0 spiro atoms. The van der Waals surface area contributed by atoms with Crippen molar-refractivity contribution in [2.45, 2.75) is 19.8 Å². The molecule has 1 saturated heterocycles. The van der Waals surface area contributed by atoms with E-state index in [0.29, 0.717) is 17.5 Å². The molecule has 0 atom stereocenters. The first kappa shape index (κ1) is 14.8. The van der Waals surface area contributed by atoms with E-state index in [1.807, 2.05) is 12.1 Å². The highest BCUT2D eigenvalue weighted by Gasteiger charge is 2.18. The van der Waals surface area contributed by atoms with Crippen LogP contribution in [-0.2, 0) is 4.74 Å². The number of rotatable bonds is 4. The highest BCUT2D eigenvalue weighted by atomic mass is 16.5. The van der Waals surface area contributed by atoms with Crippen LogP contribution in [0.15, 0.2) is 28.3 Å². The number of aryl methyl sites for hydroxylation is 1. The normalized spacial score (nSPS) is 18.9. The second-order valence-corrected chi connectivity index (χ2v) is 5.99. The Labute approximate surface area is 131 Å². The summed E-state index contributed by atoms with van der Waals surface area (Å²) < 4.78 is 5.14. The molecule has 114 valence electrons. The molecule has 2 N–H and O–H groups in total. The van der Waals surface area contributed by atoms with Crippen molar-refractivity contribution >= 4 is 11.9 Å². The Morgan fingerprint density at radius 3 is 2.82 bits per heavy atom. The molecule has 4 nitrogen and oxygen atoms in total. The maximum Gasteiger partial charge on any atom is 0.108 e. The lowest BCUT2D eigenvalue weighted by Gasteiger charge is -2.23. The van der Waals surface area contributed by atoms with E-state index in [1.165, 1.54) is 12.8 Å². The summed E-state index contributed by atoms with van der Waals surface area (Å²) >= 11 is 0. The van der Waals surface area contributed by atoms with E-state index in [4.69, 9.17) is 10.6 Å². The van der Waals surface area contributed by atoms with Crippen LogP contribution in [0.1, 0.15) is 29.5 Å². The standard InChI is InChI=1S/C18H21N3O/c1-13-8-15(5-4-14-2-3-14)6-7-17(13)18(21-19)10-20-9-16-11-22-12-16/h6-8,10,14,16H,2-3,9,11-12,19H2,1H3/b20-10?,21-18+. The number of nitrogens with two attached hydrogens (primary N) is 1. The number of ether oxygens (including phenoxy) is 1. The van der Waals surface area contributed by atoms with Crippen molar-refractivity contribution < 1.29 is 4.74 Å². The van der Waals surface area contributed by atoms with Gasteiger partial charge in [0.2, 0.25) is 0 Å². The number of hydrogen-bond donors (Lipinski definition) is 1. The molecule has 1 saturated carbocycles. The first-order valence-corrected chi connectivity index (χ1v) is 7.74. The lowest BCUT2D eigenvalue weighted by Crippen LogP contribution is -2.30. The van der Waals surface area contributed by atoms with E-state index >= 15 is 0 Å². The van der Waals surface area contributed by atoms with E-state index in [-0.39, 0.29) is 0 Å². The van der Waals surface area contributed by atoms with Gasteiger partial charge in [-0.25, -0.2) is 0 Å².